The molecule has 0 heterocycles. The largest absolute Gasteiger partial charge is 0.790 e. The highest BCUT2D eigenvalue weighted by Gasteiger charge is 2.01. The first kappa shape index (κ1) is 41.3. The fourth-order valence-corrected chi connectivity index (χ4v) is 3.64. The number of phosphoric ester groups is 1. The van der Waals surface area contributed by atoms with Crippen LogP contribution >= 0.6 is 7.82 Å². The van der Waals surface area contributed by atoms with Crippen LogP contribution in [0, 0.1) is 0 Å². The van der Waals surface area contributed by atoms with Crippen LogP contribution in [0.3, 0.4) is 0 Å². The van der Waals surface area contributed by atoms with Crippen molar-refractivity contribution in [2.24, 2.45) is 0 Å². The third-order valence-corrected chi connectivity index (χ3v) is 5.74. The van der Waals surface area contributed by atoms with Crippen molar-refractivity contribution in [3.05, 3.63) is 0 Å². The molecule has 0 unspecified atom stereocenters. The Bertz CT molecular complexity index is 415. The molecule has 0 aromatic rings. The molecule has 0 aromatic heterocycles. The van der Waals surface area contributed by atoms with E-state index in [1.165, 1.54) is 44.9 Å². The molecule has 0 spiro atoms. The summed E-state index contributed by atoms with van der Waals surface area (Å²) in [5.41, 5.74) is 0. The predicted octanol–water partition coefficient (Wildman–Crippen LogP) is -0.717. The second-order valence-electron chi connectivity index (χ2n) is 8.49. The first-order valence-electron chi connectivity index (χ1n) is 13.5. The Kier molecular flexibility index (Phi) is 37.7. The van der Waals surface area contributed by atoms with Crippen LogP contribution in [0.1, 0.15) is 71.1 Å². The van der Waals surface area contributed by atoms with Crippen molar-refractivity contribution < 1.29 is 49.5 Å². The van der Waals surface area contributed by atoms with Crippen molar-refractivity contribution in [2.45, 2.75) is 71.1 Å². The van der Waals surface area contributed by atoms with E-state index >= 15 is 0 Å². The van der Waals surface area contributed by atoms with Gasteiger partial charge in [-0.2, -0.15) is 0 Å². The molecule has 12 nitrogen and oxygen atoms in total. The molecule has 0 aliphatic heterocycles. The van der Waals surface area contributed by atoms with E-state index in [9.17, 15) is 14.4 Å². The quantitative estimate of drug-likeness (QED) is 0.0638. The number of rotatable bonds is 24. The normalized spacial score (nSPS) is 11.3. The van der Waals surface area contributed by atoms with Gasteiger partial charge < -0.3 is 49.5 Å². The van der Waals surface area contributed by atoms with Gasteiger partial charge in [-0.3, -0.25) is 9.80 Å². The summed E-state index contributed by atoms with van der Waals surface area (Å²) >= 11 is 0. The van der Waals surface area contributed by atoms with Crippen molar-refractivity contribution in [2.75, 3.05) is 85.5 Å². The van der Waals surface area contributed by atoms with E-state index < -0.39 is 7.82 Å². The molecular formula is C24H55N2O10P-2. The number of aliphatic hydroxyl groups excluding tert-OH is 6. The minimum atomic E-state index is -4.74. The summed E-state index contributed by atoms with van der Waals surface area (Å²) in [5, 5.41) is 50.9. The summed E-state index contributed by atoms with van der Waals surface area (Å²) in [6, 6.07) is 0. The number of aliphatic hydroxyl groups is 6. The fourth-order valence-electron chi connectivity index (χ4n) is 3.29. The van der Waals surface area contributed by atoms with E-state index in [1.54, 1.807) is 9.80 Å². The second kappa shape index (κ2) is 33.8. The molecule has 37 heavy (non-hydrogen) atoms. The molecule has 0 aliphatic carbocycles. The first-order valence-corrected chi connectivity index (χ1v) is 15.0. The molecule has 0 atom stereocenters. The number of nitrogens with zero attached hydrogens (tertiary/aromatic N) is 2. The number of unbranched alkanes of at least 4 members (excludes halogenated alkanes) is 9. The molecule has 0 saturated carbocycles. The summed E-state index contributed by atoms with van der Waals surface area (Å²) in [5.74, 6) is 0. The smallest absolute Gasteiger partial charge is 0.0596 e. The van der Waals surface area contributed by atoms with E-state index in [1.807, 2.05) is 0 Å². The maximum absolute atomic E-state index is 10.1. The summed E-state index contributed by atoms with van der Waals surface area (Å²) in [4.78, 5) is 23.9. The van der Waals surface area contributed by atoms with Gasteiger partial charge in [0.15, 0.2) is 0 Å². The van der Waals surface area contributed by atoms with E-state index in [2.05, 4.69) is 11.4 Å². The third-order valence-electron chi connectivity index (χ3n) is 5.24. The van der Waals surface area contributed by atoms with Gasteiger partial charge in [0.05, 0.1) is 54.1 Å². The Morgan fingerprint density at radius 3 is 1.05 bits per heavy atom. The predicted molar refractivity (Wildman–Crippen MR) is 141 cm³/mol. The Balaban J connectivity index is -0.000000499. The van der Waals surface area contributed by atoms with E-state index in [-0.39, 0.29) is 46.2 Å². The molecule has 0 amide bonds. The lowest BCUT2D eigenvalue weighted by Gasteiger charge is -2.28. The molecule has 0 rings (SSSR count). The van der Waals surface area contributed by atoms with E-state index in [0.29, 0.717) is 45.7 Å². The molecule has 0 fully saturated rings. The van der Waals surface area contributed by atoms with E-state index in [0.717, 1.165) is 12.8 Å². The van der Waals surface area contributed by atoms with Crippen molar-refractivity contribution >= 4 is 7.82 Å². The number of hydrogen-bond acceptors (Lipinski definition) is 12. The monoisotopic (exact) mass is 562 g/mol. The van der Waals surface area contributed by atoms with Crippen LogP contribution in [0.25, 0.3) is 0 Å². The van der Waals surface area contributed by atoms with Crippen LogP contribution in [-0.4, -0.2) is 126 Å². The van der Waals surface area contributed by atoms with Crippen LogP contribution < -0.4 is 9.79 Å². The van der Waals surface area contributed by atoms with Gasteiger partial charge in [-0.25, -0.2) is 0 Å². The molecule has 0 aromatic carbocycles. The SMILES string of the molecule is CCCCCCCCCCCCOP(=O)([O-])[O-].OCCN(CCO)CCO.OCCN(CCO)CCO. The zero-order valence-corrected chi connectivity index (χ0v) is 23.8. The van der Waals surface area contributed by atoms with Crippen LogP contribution in [0.4, 0.5) is 0 Å². The maximum atomic E-state index is 10.1. The maximum Gasteiger partial charge on any atom is 0.0596 e. The molecule has 13 heteroatoms. The van der Waals surface area contributed by atoms with Crippen molar-refractivity contribution in [3.8, 4) is 0 Å². The van der Waals surface area contributed by atoms with Gasteiger partial charge in [-0.1, -0.05) is 64.7 Å². The van der Waals surface area contributed by atoms with Gasteiger partial charge in [0.1, 0.15) is 0 Å². The minimum Gasteiger partial charge on any atom is -0.790 e. The lowest BCUT2D eigenvalue weighted by Crippen LogP contribution is -2.32. The molecule has 6 N–H and O–H groups in total. The zero-order valence-electron chi connectivity index (χ0n) is 22.9. The Morgan fingerprint density at radius 1 is 0.541 bits per heavy atom. The lowest BCUT2D eigenvalue weighted by molar-refractivity contribution is -0.341. The first-order chi connectivity index (χ1) is 17.8. The number of phosphoric acid groups is 1. The topological polar surface area (TPSA) is 200 Å². The fraction of sp³-hybridized carbons (Fsp3) is 1.00. The van der Waals surface area contributed by atoms with Crippen molar-refractivity contribution in [3.63, 3.8) is 0 Å². The summed E-state index contributed by atoms with van der Waals surface area (Å²) in [7, 11) is -4.74. The summed E-state index contributed by atoms with van der Waals surface area (Å²) in [6.07, 6.45) is 11.7. The van der Waals surface area contributed by atoms with Gasteiger partial charge >= 0.3 is 0 Å². The average Bonchev–Trinajstić information content (AvgIpc) is 2.84. The number of hydrogen-bond donors (Lipinski definition) is 6. The molecule has 228 valence electrons. The zero-order chi connectivity index (χ0) is 28.6. The van der Waals surface area contributed by atoms with E-state index in [4.69, 9.17) is 30.6 Å². The van der Waals surface area contributed by atoms with Gasteiger partial charge in [-0.15, -0.1) is 0 Å². The molecular weight excluding hydrogens is 507 g/mol. The lowest BCUT2D eigenvalue weighted by atomic mass is 10.1. The molecule has 0 aliphatic rings. The molecule has 0 saturated heterocycles. The third kappa shape index (κ3) is 40.4. The van der Waals surface area contributed by atoms with Crippen LogP contribution in [0.15, 0.2) is 0 Å². The van der Waals surface area contributed by atoms with Gasteiger partial charge in [0, 0.05) is 39.3 Å². The van der Waals surface area contributed by atoms with Crippen molar-refractivity contribution in [1.29, 1.82) is 0 Å². The summed E-state index contributed by atoms with van der Waals surface area (Å²) in [6.45, 7) is 5.76. The van der Waals surface area contributed by atoms with Gasteiger partial charge in [0.2, 0.25) is 0 Å². The minimum absolute atomic E-state index is 0.0424. The van der Waals surface area contributed by atoms with Crippen molar-refractivity contribution in [1.82, 2.24) is 9.80 Å². The Hall–Kier alpha value is -0.210. The van der Waals surface area contributed by atoms with Gasteiger partial charge in [-0.05, 0) is 6.42 Å². The van der Waals surface area contributed by atoms with Gasteiger partial charge in [0.25, 0.3) is 0 Å². The summed E-state index contributed by atoms with van der Waals surface area (Å²) < 4.78 is 14.3. The van der Waals surface area contributed by atoms with Crippen LogP contribution in [0.2, 0.25) is 0 Å². The molecule has 0 bridgehead atoms. The highest BCUT2D eigenvalue weighted by atomic mass is 31.2. The highest BCUT2D eigenvalue weighted by Crippen LogP contribution is 2.24. The average molecular weight is 563 g/mol. The van der Waals surface area contributed by atoms with Crippen LogP contribution in [0.5, 0.6) is 0 Å². The Labute approximate surface area is 224 Å². The second-order valence-corrected chi connectivity index (χ2v) is 9.64. The highest BCUT2D eigenvalue weighted by molar-refractivity contribution is 7.43. The van der Waals surface area contributed by atoms with Crippen LogP contribution in [-0.2, 0) is 9.09 Å². The Morgan fingerprint density at radius 2 is 0.811 bits per heavy atom. The molecule has 0 radical (unpaired) electrons. The standard InChI is InChI=1S/C12H27O4P.2C6H15NO3/c1-2-3-4-5-6-7-8-9-10-11-12-16-17(13,14)15;2*8-4-1-7(2-5-9)3-6-10/h2-12H2,1H3,(H2,13,14,15);2*8-10H,1-6H2/p-2.